The molecule has 0 aliphatic rings. The lowest BCUT2D eigenvalue weighted by Gasteiger charge is -2.16. The molecule has 0 saturated carbocycles. The summed E-state index contributed by atoms with van der Waals surface area (Å²) >= 11 is 6.25. The first-order chi connectivity index (χ1) is 14.0. The number of aromatic nitrogens is 2. The first kappa shape index (κ1) is 19.2. The Morgan fingerprint density at radius 1 is 1.03 bits per heavy atom. The highest BCUT2D eigenvalue weighted by molar-refractivity contribution is 6.31. The van der Waals surface area contributed by atoms with Crippen molar-refractivity contribution in [3.63, 3.8) is 0 Å². The van der Waals surface area contributed by atoms with Crippen molar-refractivity contribution < 1.29 is 4.79 Å². The lowest BCUT2D eigenvalue weighted by atomic mass is 10.1. The van der Waals surface area contributed by atoms with Gasteiger partial charge in [0.1, 0.15) is 11.7 Å². The molecule has 29 heavy (non-hydrogen) atoms. The molecule has 4 rings (SSSR count). The molecular formula is C24H22ClN3O. The Hall–Kier alpha value is -3.11. The molecule has 0 spiro atoms. The Bertz CT molecular complexity index is 1200. The lowest BCUT2D eigenvalue weighted by Crippen LogP contribution is -2.25. The average Bonchev–Trinajstić information content (AvgIpc) is 3.10. The summed E-state index contributed by atoms with van der Waals surface area (Å²) in [5.41, 5.74) is 5.70. The van der Waals surface area contributed by atoms with Crippen LogP contribution < -0.4 is 5.32 Å². The second kappa shape index (κ2) is 7.72. The van der Waals surface area contributed by atoms with Gasteiger partial charge >= 0.3 is 0 Å². The van der Waals surface area contributed by atoms with Crippen LogP contribution in [0, 0.1) is 13.8 Å². The van der Waals surface area contributed by atoms with Crippen LogP contribution in [-0.4, -0.2) is 15.7 Å². The minimum absolute atomic E-state index is 0.113. The summed E-state index contributed by atoms with van der Waals surface area (Å²) < 4.78 is 1.77. The summed E-state index contributed by atoms with van der Waals surface area (Å²) in [5.74, 6) is -0.113. The van der Waals surface area contributed by atoms with Gasteiger partial charge < -0.3 is 5.32 Å². The fraction of sp³-hybridized carbons (Fsp3) is 0.167. The molecule has 1 N–H and O–H groups in total. The van der Waals surface area contributed by atoms with Crippen LogP contribution in [0.3, 0.4) is 0 Å². The Morgan fingerprint density at radius 3 is 2.55 bits per heavy atom. The van der Waals surface area contributed by atoms with Crippen LogP contribution in [0.2, 0.25) is 5.02 Å². The van der Waals surface area contributed by atoms with Gasteiger partial charge in [-0.05, 0) is 56.2 Å². The maximum Gasteiger partial charge on any atom is 0.248 e. The van der Waals surface area contributed by atoms with Crippen LogP contribution in [0.4, 0.5) is 5.69 Å². The second-order valence-corrected chi connectivity index (χ2v) is 7.67. The van der Waals surface area contributed by atoms with Crippen LogP contribution in [0.1, 0.15) is 24.1 Å². The van der Waals surface area contributed by atoms with Gasteiger partial charge in [0, 0.05) is 21.7 Å². The summed E-state index contributed by atoms with van der Waals surface area (Å²) in [5, 5.41) is 9.42. The largest absolute Gasteiger partial charge is 0.324 e. The van der Waals surface area contributed by atoms with Crippen LogP contribution in [0.15, 0.2) is 66.7 Å². The number of hydrogen-bond acceptors (Lipinski definition) is 2. The van der Waals surface area contributed by atoms with E-state index < -0.39 is 6.04 Å². The Balaban J connectivity index is 1.75. The molecule has 3 aromatic carbocycles. The van der Waals surface area contributed by atoms with Crippen molar-refractivity contribution in [3.05, 3.63) is 82.9 Å². The molecule has 4 nitrogen and oxygen atoms in total. The zero-order valence-electron chi connectivity index (χ0n) is 16.6. The van der Waals surface area contributed by atoms with Crippen LogP contribution >= 0.6 is 11.6 Å². The number of anilines is 1. The zero-order valence-corrected chi connectivity index (χ0v) is 17.4. The van der Waals surface area contributed by atoms with Crippen molar-refractivity contribution in [2.75, 3.05) is 5.32 Å². The molecule has 0 unspecified atom stereocenters. The standard InChI is InChI=1S/C24H22ClN3O/c1-15-8-7-11-21(16(15)2)26-24(29)17(3)28-22-13-12-19(25)14-20(22)23(27-28)18-9-5-4-6-10-18/h4-14,17H,1-3H3,(H,26,29)/t17-/m1/s1. The summed E-state index contributed by atoms with van der Waals surface area (Å²) in [6.45, 7) is 5.90. The third kappa shape index (κ3) is 3.64. The minimum atomic E-state index is -0.490. The van der Waals surface area contributed by atoms with E-state index in [0.29, 0.717) is 5.02 Å². The number of rotatable bonds is 4. The molecule has 4 aromatic rings. The topological polar surface area (TPSA) is 46.9 Å². The van der Waals surface area contributed by atoms with E-state index in [1.807, 2.05) is 87.5 Å². The number of fused-ring (bicyclic) bond motifs is 1. The normalized spacial score (nSPS) is 12.1. The highest BCUT2D eigenvalue weighted by Gasteiger charge is 2.22. The van der Waals surface area contributed by atoms with E-state index in [2.05, 4.69) is 5.32 Å². The molecule has 1 atom stereocenters. The smallest absolute Gasteiger partial charge is 0.248 e. The van der Waals surface area contributed by atoms with Gasteiger partial charge in [0.25, 0.3) is 0 Å². The van der Waals surface area contributed by atoms with Crippen molar-refractivity contribution in [1.29, 1.82) is 0 Å². The van der Waals surface area contributed by atoms with Crippen LogP contribution in [-0.2, 0) is 4.79 Å². The molecular weight excluding hydrogens is 382 g/mol. The summed E-state index contributed by atoms with van der Waals surface area (Å²) in [6, 6.07) is 21.0. The molecule has 146 valence electrons. The molecule has 0 aliphatic heterocycles. The number of nitrogens with zero attached hydrogens (tertiary/aromatic N) is 2. The average molecular weight is 404 g/mol. The predicted molar refractivity (Wildman–Crippen MR) is 119 cm³/mol. The van der Waals surface area contributed by atoms with Crippen molar-refractivity contribution in [2.24, 2.45) is 0 Å². The summed E-state index contributed by atoms with van der Waals surface area (Å²) in [7, 11) is 0. The molecule has 1 heterocycles. The fourth-order valence-corrected chi connectivity index (χ4v) is 3.62. The molecule has 0 saturated heterocycles. The van der Waals surface area contributed by atoms with Crippen LogP contribution in [0.5, 0.6) is 0 Å². The highest BCUT2D eigenvalue weighted by atomic mass is 35.5. The Labute approximate surface area is 175 Å². The van der Waals surface area contributed by atoms with E-state index >= 15 is 0 Å². The van der Waals surface area contributed by atoms with Gasteiger partial charge in [0.2, 0.25) is 5.91 Å². The molecule has 1 amide bonds. The molecule has 1 aromatic heterocycles. The zero-order chi connectivity index (χ0) is 20.5. The van der Waals surface area contributed by atoms with Gasteiger partial charge in [0.05, 0.1) is 5.52 Å². The fourth-order valence-electron chi connectivity index (χ4n) is 3.45. The van der Waals surface area contributed by atoms with Gasteiger partial charge in [-0.3, -0.25) is 9.48 Å². The maximum absolute atomic E-state index is 13.0. The number of carbonyl (C=O) groups is 1. The maximum atomic E-state index is 13.0. The van der Waals surface area contributed by atoms with E-state index in [1.165, 1.54) is 0 Å². The number of carbonyl (C=O) groups excluding carboxylic acids is 1. The summed E-state index contributed by atoms with van der Waals surface area (Å²) in [6.07, 6.45) is 0. The third-order valence-corrected chi connectivity index (χ3v) is 5.56. The van der Waals surface area contributed by atoms with Crippen LogP contribution in [0.25, 0.3) is 22.2 Å². The van der Waals surface area contributed by atoms with Crippen molar-refractivity contribution >= 4 is 34.1 Å². The molecule has 5 heteroatoms. The number of amides is 1. The minimum Gasteiger partial charge on any atom is -0.324 e. The van der Waals surface area contributed by atoms with Gasteiger partial charge in [0.15, 0.2) is 0 Å². The Morgan fingerprint density at radius 2 is 1.79 bits per heavy atom. The quantitative estimate of drug-likeness (QED) is 0.442. The molecule has 0 radical (unpaired) electrons. The lowest BCUT2D eigenvalue weighted by molar-refractivity contribution is -0.118. The Kier molecular flexibility index (Phi) is 5.12. The van der Waals surface area contributed by atoms with Crippen molar-refractivity contribution in [1.82, 2.24) is 9.78 Å². The molecule has 0 fully saturated rings. The third-order valence-electron chi connectivity index (χ3n) is 5.32. The van der Waals surface area contributed by atoms with Gasteiger partial charge in [-0.1, -0.05) is 54.1 Å². The molecule has 0 bridgehead atoms. The highest BCUT2D eigenvalue weighted by Crippen LogP contribution is 2.32. The van der Waals surface area contributed by atoms with Gasteiger partial charge in [-0.2, -0.15) is 5.10 Å². The first-order valence-corrected chi connectivity index (χ1v) is 9.94. The number of aryl methyl sites for hydroxylation is 1. The molecule has 0 aliphatic carbocycles. The monoisotopic (exact) mass is 403 g/mol. The second-order valence-electron chi connectivity index (χ2n) is 7.23. The van der Waals surface area contributed by atoms with E-state index in [1.54, 1.807) is 4.68 Å². The number of halogens is 1. The van der Waals surface area contributed by atoms with Gasteiger partial charge in [-0.15, -0.1) is 0 Å². The number of nitrogens with one attached hydrogen (secondary N) is 1. The van der Waals surface area contributed by atoms with E-state index in [-0.39, 0.29) is 5.91 Å². The summed E-state index contributed by atoms with van der Waals surface area (Å²) in [4.78, 5) is 13.0. The van der Waals surface area contributed by atoms with Crippen molar-refractivity contribution in [3.8, 4) is 11.3 Å². The van der Waals surface area contributed by atoms with E-state index in [4.69, 9.17) is 16.7 Å². The first-order valence-electron chi connectivity index (χ1n) is 9.56. The van der Waals surface area contributed by atoms with Gasteiger partial charge in [-0.25, -0.2) is 0 Å². The van der Waals surface area contributed by atoms with E-state index in [0.717, 1.165) is 39.0 Å². The number of benzene rings is 3. The van der Waals surface area contributed by atoms with E-state index in [9.17, 15) is 4.79 Å². The SMILES string of the molecule is Cc1cccc(NC(=O)[C@@H](C)n2nc(-c3ccccc3)c3cc(Cl)ccc32)c1C. The number of hydrogen-bond donors (Lipinski definition) is 1. The van der Waals surface area contributed by atoms with Crippen molar-refractivity contribution in [2.45, 2.75) is 26.8 Å². The predicted octanol–water partition coefficient (Wildman–Crippen LogP) is 6.17.